The van der Waals surface area contributed by atoms with Crippen molar-refractivity contribution in [3.8, 4) is 22.6 Å². The Labute approximate surface area is 183 Å². The van der Waals surface area contributed by atoms with E-state index in [1.54, 1.807) is 6.08 Å². The summed E-state index contributed by atoms with van der Waals surface area (Å²) in [7, 11) is 0. The first-order chi connectivity index (χ1) is 15.0. The van der Waals surface area contributed by atoms with Crippen LogP contribution in [-0.2, 0) is 10.2 Å². The molecule has 0 atom stereocenters. The van der Waals surface area contributed by atoms with Gasteiger partial charge in [0.25, 0.3) is 0 Å². The Morgan fingerprint density at radius 1 is 1.06 bits per heavy atom. The van der Waals surface area contributed by atoms with Gasteiger partial charge in [0.1, 0.15) is 11.5 Å². The molecule has 6 rings (SSSR count). The molecule has 4 nitrogen and oxygen atoms in total. The standard InChI is InChI=1S/C27H30O4/c1-2-31-25-12-17(4-8-26(29)30)3-6-22(25)21-5-7-24(28)23(13-21)27-14-18-9-19(15-27)11-20(10-18)16-27/h3-8,12-13,18-20,28H,2,9-11,14-16H2,1H3,(H,29,30)/b8-4+. The number of phenolic OH excluding ortho intramolecular Hbond substituents is 1. The molecule has 4 fully saturated rings. The van der Waals surface area contributed by atoms with Gasteiger partial charge >= 0.3 is 5.97 Å². The van der Waals surface area contributed by atoms with Crippen LogP contribution in [-0.4, -0.2) is 22.8 Å². The quantitative estimate of drug-likeness (QED) is 0.563. The molecule has 0 radical (unpaired) electrons. The van der Waals surface area contributed by atoms with Crippen LogP contribution in [0.2, 0.25) is 0 Å². The summed E-state index contributed by atoms with van der Waals surface area (Å²) in [6, 6.07) is 11.8. The summed E-state index contributed by atoms with van der Waals surface area (Å²) in [4.78, 5) is 10.9. The molecule has 4 aliphatic carbocycles. The average Bonchev–Trinajstić information content (AvgIpc) is 2.72. The molecule has 2 aromatic rings. The number of aliphatic carboxylic acids is 1. The van der Waals surface area contributed by atoms with Crippen molar-refractivity contribution in [1.29, 1.82) is 0 Å². The fourth-order valence-electron chi connectivity index (χ4n) is 6.89. The number of hydrogen-bond donors (Lipinski definition) is 2. The van der Waals surface area contributed by atoms with Gasteiger partial charge in [0.2, 0.25) is 0 Å². The highest BCUT2D eigenvalue weighted by molar-refractivity contribution is 5.86. The lowest BCUT2D eigenvalue weighted by Gasteiger charge is -2.57. The Morgan fingerprint density at radius 3 is 2.35 bits per heavy atom. The smallest absolute Gasteiger partial charge is 0.328 e. The number of hydrogen-bond acceptors (Lipinski definition) is 3. The van der Waals surface area contributed by atoms with Gasteiger partial charge in [-0.1, -0.05) is 18.2 Å². The normalized spacial score (nSPS) is 28.9. The van der Waals surface area contributed by atoms with Gasteiger partial charge in [-0.2, -0.15) is 0 Å². The number of aromatic hydroxyl groups is 1. The molecule has 0 heterocycles. The topological polar surface area (TPSA) is 66.8 Å². The molecular weight excluding hydrogens is 388 g/mol. The van der Waals surface area contributed by atoms with E-state index in [9.17, 15) is 9.90 Å². The molecule has 0 amide bonds. The van der Waals surface area contributed by atoms with Gasteiger partial charge < -0.3 is 14.9 Å². The molecule has 162 valence electrons. The minimum Gasteiger partial charge on any atom is -0.508 e. The first-order valence-corrected chi connectivity index (χ1v) is 11.5. The van der Waals surface area contributed by atoms with Crippen LogP contribution in [0.25, 0.3) is 17.2 Å². The van der Waals surface area contributed by atoms with E-state index in [1.807, 2.05) is 37.3 Å². The largest absolute Gasteiger partial charge is 0.508 e. The maximum absolute atomic E-state index is 10.9. The van der Waals surface area contributed by atoms with E-state index in [-0.39, 0.29) is 5.41 Å². The van der Waals surface area contributed by atoms with Gasteiger partial charge in [-0.3, -0.25) is 0 Å². The predicted octanol–water partition coefficient (Wildman–Crippen LogP) is 6.02. The van der Waals surface area contributed by atoms with Crippen molar-refractivity contribution in [3.05, 3.63) is 53.6 Å². The molecule has 2 N–H and O–H groups in total. The van der Waals surface area contributed by atoms with E-state index in [2.05, 4.69) is 6.07 Å². The van der Waals surface area contributed by atoms with Crippen molar-refractivity contribution < 1.29 is 19.7 Å². The number of rotatable bonds is 6. The minimum absolute atomic E-state index is 0.116. The Morgan fingerprint density at radius 2 is 1.74 bits per heavy atom. The fourth-order valence-corrected chi connectivity index (χ4v) is 6.89. The lowest BCUT2D eigenvalue weighted by molar-refractivity contribution is -0.131. The SMILES string of the molecule is CCOc1cc(/C=C/C(=O)O)ccc1-c1ccc(O)c(C23CC4CC(CC(C4)C2)C3)c1. The average molecular weight is 419 g/mol. The van der Waals surface area contributed by atoms with Crippen LogP contribution in [0.1, 0.15) is 56.6 Å². The monoisotopic (exact) mass is 418 g/mol. The van der Waals surface area contributed by atoms with E-state index in [0.717, 1.165) is 51.8 Å². The van der Waals surface area contributed by atoms with E-state index >= 15 is 0 Å². The summed E-state index contributed by atoms with van der Waals surface area (Å²) in [6.45, 7) is 2.47. The summed E-state index contributed by atoms with van der Waals surface area (Å²) in [6.07, 6.45) is 10.4. The van der Waals surface area contributed by atoms with Gasteiger partial charge in [0.15, 0.2) is 0 Å². The molecule has 31 heavy (non-hydrogen) atoms. The predicted molar refractivity (Wildman–Crippen MR) is 121 cm³/mol. The zero-order valence-corrected chi connectivity index (χ0v) is 18.0. The van der Waals surface area contributed by atoms with Crippen LogP contribution in [0.15, 0.2) is 42.5 Å². The minimum atomic E-state index is -0.971. The van der Waals surface area contributed by atoms with Crippen molar-refractivity contribution in [3.63, 3.8) is 0 Å². The van der Waals surface area contributed by atoms with Crippen molar-refractivity contribution in [2.75, 3.05) is 6.61 Å². The van der Waals surface area contributed by atoms with Crippen molar-refractivity contribution in [2.24, 2.45) is 17.8 Å². The summed E-state index contributed by atoms with van der Waals surface area (Å²) in [5, 5.41) is 19.8. The van der Waals surface area contributed by atoms with Gasteiger partial charge in [-0.25, -0.2) is 4.79 Å². The van der Waals surface area contributed by atoms with Crippen molar-refractivity contribution in [1.82, 2.24) is 0 Å². The Balaban J connectivity index is 1.54. The van der Waals surface area contributed by atoms with Crippen LogP contribution >= 0.6 is 0 Å². The Kier molecular flexibility index (Phi) is 5.04. The van der Waals surface area contributed by atoms with E-state index in [0.29, 0.717) is 12.4 Å². The number of phenols is 1. The van der Waals surface area contributed by atoms with E-state index in [4.69, 9.17) is 9.84 Å². The highest BCUT2D eigenvalue weighted by atomic mass is 16.5. The maximum Gasteiger partial charge on any atom is 0.328 e. The van der Waals surface area contributed by atoms with Crippen LogP contribution in [0.5, 0.6) is 11.5 Å². The number of carbonyl (C=O) groups is 1. The first kappa shape index (κ1) is 20.2. The molecule has 0 unspecified atom stereocenters. The maximum atomic E-state index is 10.9. The van der Waals surface area contributed by atoms with Crippen LogP contribution in [0, 0.1) is 17.8 Å². The first-order valence-electron chi connectivity index (χ1n) is 11.5. The van der Waals surface area contributed by atoms with Crippen LogP contribution < -0.4 is 4.74 Å². The zero-order valence-electron chi connectivity index (χ0n) is 18.0. The number of ether oxygens (including phenoxy) is 1. The third-order valence-electron chi connectivity index (χ3n) is 7.64. The van der Waals surface area contributed by atoms with Gasteiger partial charge in [-0.15, -0.1) is 0 Å². The Bertz CT molecular complexity index is 1000. The second-order valence-corrected chi connectivity index (χ2v) is 9.79. The van der Waals surface area contributed by atoms with E-state index in [1.165, 1.54) is 38.5 Å². The summed E-state index contributed by atoms with van der Waals surface area (Å²) >= 11 is 0. The van der Waals surface area contributed by atoms with Crippen molar-refractivity contribution >= 4 is 12.0 Å². The molecule has 4 aliphatic rings. The number of benzene rings is 2. The second-order valence-electron chi connectivity index (χ2n) is 9.79. The third-order valence-corrected chi connectivity index (χ3v) is 7.64. The van der Waals surface area contributed by atoms with Gasteiger partial charge in [0.05, 0.1) is 6.61 Å². The summed E-state index contributed by atoms with van der Waals surface area (Å²) in [5.41, 5.74) is 4.03. The Hall–Kier alpha value is -2.75. The molecule has 4 bridgehead atoms. The third kappa shape index (κ3) is 3.73. The van der Waals surface area contributed by atoms with Crippen LogP contribution in [0.3, 0.4) is 0 Å². The number of carboxylic acids is 1. The lowest BCUT2D eigenvalue weighted by Crippen LogP contribution is -2.48. The summed E-state index contributed by atoms with van der Waals surface area (Å²) in [5.74, 6) is 2.62. The molecule has 0 aromatic heterocycles. The molecule has 0 saturated heterocycles. The highest BCUT2D eigenvalue weighted by Crippen LogP contribution is 2.62. The molecule has 4 saturated carbocycles. The zero-order chi connectivity index (χ0) is 21.6. The lowest BCUT2D eigenvalue weighted by atomic mass is 9.48. The molecular formula is C27H30O4. The molecule has 4 heteroatoms. The van der Waals surface area contributed by atoms with E-state index < -0.39 is 5.97 Å². The summed E-state index contributed by atoms with van der Waals surface area (Å²) < 4.78 is 5.91. The van der Waals surface area contributed by atoms with Gasteiger partial charge in [0, 0.05) is 17.2 Å². The number of carboxylic acid groups (broad SMARTS) is 1. The van der Waals surface area contributed by atoms with Gasteiger partial charge in [-0.05, 0) is 104 Å². The molecule has 0 spiro atoms. The second kappa shape index (κ2) is 7.74. The fraction of sp³-hybridized carbons (Fsp3) is 0.444. The van der Waals surface area contributed by atoms with Crippen LogP contribution in [0.4, 0.5) is 0 Å². The molecule has 0 aliphatic heterocycles. The molecule has 2 aromatic carbocycles. The van der Waals surface area contributed by atoms with Crippen molar-refractivity contribution in [2.45, 2.75) is 50.9 Å². The highest BCUT2D eigenvalue weighted by Gasteiger charge is 2.52.